The summed E-state index contributed by atoms with van der Waals surface area (Å²) in [7, 11) is 0. The van der Waals surface area contributed by atoms with Gasteiger partial charge >= 0.3 is 0 Å². The van der Waals surface area contributed by atoms with Crippen LogP contribution in [-0.2, 0) is 15.6 Å². The van der Waals surface area contributed by atoms with E-state index in [0.717, 1.165) is 39.5 Å². The molecule has 10 rings (SSSR count). The summed E-state index contributed by atoms with van der Waals surface area (Å²) in [5.41, 5.74) is 15.7. The maximum absolute atomic E-state index is 7.45. The van der Waals surface area contributed by atoms with Gasteiger partial charge in [0.2, 0.25) is 5.90 Å². The van der Waals surface area contributed by atoms with Crippen molar-refractivity contribution in [2.75, 3.05) is 0 Å². The normalized spacial score (nSPS) is 18.8. The Hall–Kier alpha value is -6.46. The van der Waals surface area contributed by atoms with E-state index in [1.54, 1.807) is 0 Å². The number of nitrogens with zero attached hydrogens (tertiary/aromatic N) is 3. The highest BCUT2D eigenvalue weighted by Gasteiger charge is 2.62. The Kier molecular flexibility index (Phi) is 10.4. The summed E-state index contributed by atoms with van der Waals surface area (Å²) in [6.45, 7) is 34.0. The number of rotatable bonds is 7. The summed E-state index contributed by atoms with van der Waals surface area (Å²) in [5, 5.41) is 2.45. The van der Waals surface area contributed by atoms with E-state index in [4.69, 9.17) is 19.5 Å². The first-order chi connectivity index (χ1) is 32.0. The van der Waals surface area contributed by atoms with Crippen molar-refractivity contribution in [1.29, 1.82) is 0 Å². The maximum Gasteiger partial charge on any atom is 0.217 e. The first-order valence-corrected chi connectivity index (χ1v) is 24.4. The third-order valence-electron chi connectivity index (χ3n) is 15.9. The van der Waals surface area contributed by atoms with Gasteiger partial charge in [-0.1, -0.05) is 140 Å². The minimum Gasteiger partial charge on any atom is -0.468 e. The molecule has 0 spiro atoms. The van der Waals surface area contributed by atoms with Crippen LogP contribution in [-0.4, -0.2) is 26.6 Å². The second kappa shape index (κ2) is 15.5. The Morgan fingerprint density at radius 2 is 1.25 bits per heavy atom. The molecule has 4 heterocycles. The van der Waals surface area contributed by atoms with Crippen LogP contribution >= 0.6 is 0 Å². The average Bonchev–Trinajstić information content (AvgIpc) is 3.73. The van der Waals surface area contributed by atoms with Crippen molar-refractivity contribution in [3.8, 4) is 28.4 Å². The molecule has 0 saturated carbocycles. The van der Waals surface area contributed by atoms with Crippen molar-refractivity contribution in [3.63, 3.8) is 0 Å². The van der Waals surface area contributed by atoms with E-state index in [9.17, 15) is 0 Å². The van der Waals surface area contributed by atoms with Gasteiger partial charge in [0.1, 0.15) is 28.5 Å². The molecule has 2 aromatic heterocycles. The van der Waals surface area contributed by atoms with Crippen molar-refractivity contribution in [2.45, 2.75) is 132 Å². The number of hydrogen-bond donors (Lipinski definition) is 0. The predicted molar refractivity (Wildman–Crippen MR) is 284 cm³/mol. The Morgan fingerprint density at radius 1 is 0.632 bits per heavy atom. The lowest BCUT2D eigenvalue weighted by atomic mass is 9.59. The quantitative estimate of drug-likeness (QED) is 0.160. The van der Waals surface area contributed by atoms with E-state index in [1.807, 2.05) is 6.20 Å². The summed E-state index contributed by atoms with van der Waals surface area (Å²) in [6.07, 6.45) is 1.95. The highest BCUT2D eigenvalue weighted by Crippen LogP contribution is 2.57. The molecule has 0 unspecified atom stereocenters. The van der Waals surface area contributed by atoms with Crippen molar-refractivity contribution in [3.05, 3.63) is 189 Å². The van der Waals surface area contributed by atoms with E-state index in [1.165, 1.54) is 71.9 Å². The molecule has 0 aliphatic carbocycles. The van der Waals surface area contributed by atoms with Gasteiger partial charge in [0.15, 0.2) is 0 Å². The molecule has 0 fully saturated rings. The van der Waals surface area contributed by atoms with E-state index < -0.39 is 11.1 Å². The van der Waals surface area contributed by atoms with Crippen LogP contribution in [0.4, 0.5) is 0 Å². The van der Waals surface area contributed by atoms with E-state index >= 15 is 0 Å². The molecule has 5 heteroatoms. The van der Waals surface area contributed by atoms with Crippen molar-refractivity contribution < 1.29 is 9.47 Å². The van der Waals surface area contributed by atoms with Crippen LogP contribution in [0.15, 0.2) is 133 Å². The highest BCUT2D eigenvalue weighted by atomic mass is 16.5. The first-order valence-electron chi connectivity index (χ1n) is 24.4. The van der Waals surface area contributed by atoms with Crippen molar-refractivity contribution in [2.24, 2.45) is 10.4 Å². The summed E-state index contributed by atoms with van der Waals surface area (Å²) in [4.78, 5) is 11.0. The topological polar surface area (TPSA) is 48.6 Å². The van der Waals surface area contributed by atoms with Crippen molar-refractivity contribution >= 4 is 27.7 Å². The zero-order chi connectivity index (χ0) is 48.5. The summed E-state index contributed by atoms with van der Waals surface area (Å²) in [6, 6.07) is 44.3. The minimum absolute atomic E-state index is 0.0342. The molecule has 2 atom stereocenters. The Balaban J connectivity index is 1.19. The van der Waals surface area contributed by atoms with Crippen LogP contribution in [0.1, 0.15) is 136 Å². The molecule has 346 valence electrons. The van der Waals surface area contributed by atoms with Crippen LogP contribution in [0, 0.1) is 40.0 Å². The molecule has 0 N–H and O–H groups in total. The fraction of sp³-hybridized carbons (Fsp3) is 0.333. The van der Waals surface area contributed by atoms with E-state index in [0.29, 0.717) is 5.90 Å². The monoisotopic (exact) mass is 898 g/mol. The zero-order valence-electron chi connectivity index (χ0n) is 42.9. The number of aryl methyl sites for hydroxylation is 5. The van der Waals surface area contributed by atoms with Crippen LogP contribution < -0.4 is 4.74 Å². The fourth-order valence-corrected chi connectivity index (χ4v) is 12.0. The average molecular weight is 898 g/mol. The SMILES string of the molecule is Cc1cc(C)c(-c2cc(Oc3cc4c(cc3C)c3cc(C(C)(C)C)cc5c3n4-c3nccc(C)c3C5(C)C)cc(C3=N[C@](C)(C(c4ccccc4)c4ccccc4)[C@@](C)(C(C)(C)C)O3)c2)c(C)c1. The highest BCUT2D eigenvalue weighted by molar-refractivity contribution is 6.12. The number of aliphatic imine (C=N–C) groups is 1. The fourth-order valence-electron chi connectivity index (χ4n) is 12.0. The maximum atomic E-state index is 7.45. The molecule has 5 nitrogen and oxygen atoms in total. The molecule has 68 heavy (non-hydrogen) atoms. The lowest BCUT2D eigenvalue weighted by Gasteiger charge is -2.50. The van der Waals surface area contributed by atoms with Gasteiger partial charge in [-0.3, -0.25) is 4.57 Å². The van der Waals surface area contributed by atoms with Gasteiger partial charge in [-0.15, -0.1) is 0 Å². The third-order valence-corrected chi connectivity index (χ3v) is 15.9. The second-order valence-corrected chi connectivity index (χ2v) is 22.9. The van der Waals surface area contributed by atoms with E-state index in [2.05, 4.69) is 230 Å². The molecule has 0 bridgehead atoms. The van der Waals surface area contributed by atoms with Gasteiger partial charge in [0, 0.05) is 50.9 Å². The molecule has 2 aliphatic heterocycles. The molecular weight excluding hydrogens is 831 g/mol. The van der Waals surface area contributed by atoms with E-state index in [-0.39, 0.29) is 22.2 Å². The van der Waals surface area contributed by atoms with Gasteiger partial charge in [0.25, 0.3) is 0 Å². The molecule has 0 radical (unpaired) electrons. The number of benzene rings is 6. The molecule has 0 saturated heterocycles. The number of hydrogen-bond acceptors (Lipinski definition) is 4. The second-order valence-electron chi connectivity index (χ2n) is 22.9. The lowest BCUT2D eigenvalue weighted by molar-refractivity contribution is -0.0653. The molecule has 8 aromatic rings. The number of pyridine rings is 1. The Morgan fingerprint density at radius 3 is 1.85 bits per heavy atom. The summed E-state index contributed by atoms with van der Waals surface area (Å²) >= 11 is 0. The van der Waals surface area contributed by atoms with Gasteiger partial charge < -0.3 is 9.47 Å². The molecular formula is C63H67N3O2. The standard InChI is InChI=1S/C63H67N3O2/c1-37-28-40(4)53(41(5)29-37)44-31-45(58-65-62(14,63(15,68-58)60(9,10)11)55(42-22-18-16-19-23-42)43-24-20-17-21-25-43)33-47(32-44)67-52-36-51-48(30-39(52)3)49-34-46(59(6,7)8)35-50-56(49)66(51)57-54(61(50,12)13)38(2)26-27-64-57/h16-36,55H,1-15H3/t62-,63-/m1/s1. The molecule has 6 aromatic carbocycles. The van der Waals surface area contributed by atoms with Crippen molar-refractivity contribution in [1.82, 2.24) is 9.55 Å². The van der Waals surface area contributed by atoms with Crippen LogP contribution in [0.25, 0.3) is 38.8 Å². The van der Waals surface area contributed by atoms with Crippen LogP contribution in [0.2, 0.25) is 0 Å². The van der Waals surface area contributed by atoms with Gasteiger partial charge in [-0.25, -0.2) is 9.98 Å². The summed E-state index contributed by atoms with van der Waals surface area (Å²) < 4.78 is 17.1. The minimum atomic E-state index is -0.721. The number of ether oxygens (including phenoxy) is 2. The summed E-state index contributed by atoms with van der Waals surface area (Å²) in [5.74, 6) is 3.03. The van der Waals surface area contributed by atoms with Crippen LogP contribution in [0.3, 0.4) is 0 Å². The Labute approximate surface area is 404 Å². The Bertz CT molecular complexity index is 3300. The molecule has 0 amide bonds. The largest absolute Gasteiger partial charge is 0.468 e. The van der Waals surface area contributed by atoms with Gasteiger partial charge in [0.05, 0.1) is 11.0 Å². The van der Waals surface area contributed by atoms with Gasteiger partial charge in [-0.2, -0.15) is 0 Å². The number of aromatic nitrogens is 2. The van der Waals surface area contributed by atoms with Gasteiger partial charge in [-0.05, 0) is 146 Å². The zero-order valence-corrected chi connectivity index (χ0v) is 42.9. The van der Waals surface area contributed by atoms with Crippen LogP contribution in [0.5, 0.6) is 11.5 Å². The number of fused-ring (bicyclic) bond motifs is 5. The third kappa shape index (κ3) is 6.93. The first kappa shape index (κ1) is 45.3. The lowest BCUT2D eigenvalue weighted by Crippen LogP contribution is -2.58. The molecule has 2 aliphatic rings. The smallest absolute Gasteiger partial charge is 0.217 e. The predicted octanol–water partition coefficient (Wildman–Crippen LogP) is 16.3.